The van der Waals surface area contributed by atoms with Crippen molar-refractivity contribution in [1.29, 1.82) is 5.26 Å². The van der Waals surface area contributed by atoms with E-state index in [1.54, 1.807) is 0 Å². The van der Waals surface area contributed by atoms with Crippen LogP contribution in [0.4, 0.5) is 0 Å². The van der Waals surface area contributed by atoms with E-state index in [9.17, 15) is 24.4 Å². The average molecular weight is 511 g/mol. The first-order valence-corrected chi connectivity index (χ1v) is 11.9. The maximum atomic E-state index is 13.5. The molecule has 3 atom stereocenters. The molecule has 0 radical (unpaired) electrons. The van der Waals surface area contributed by atoms with Crippen molar-refractivity contribution in [2.24, 2.45) is 22.2 Å². The summed E-state index contributed by atoms with van der Waals surface area (Å²) in [6, 6.07) is -0.874. The number of carbonyl (C=O) groups excluding carboxylic acids is 4. The number of nitrogens with two attached hydrogens (primary N) is 3. The number of ether oxygens (including phenoxy) is 2. The number of amides is 4. The Labute approximate surface area is 211 Å². The Morgan fingerprint density at radius 2 is 1.92 bits per heavy atom. The van der Waals surface area contributed by atoms with Gasteiger partial charge >= 0.3 is 0 Å². The van der Waals surface area contributed by atoms with Crippen LogP contribution < -0.4 is 22.5 Å². The van der Waals surface area contributed by atoms with Gasteiger partial charge < -0.3 is 36.9 Å². The summed E-state index contributed by atoms with van der Waals surface area (Å²) >= 11 is 0. The lowest BCUT2D eigenvalue weighted by Gasteiger charge is -2.33. The van der Waals surface area contributed by atoms with E-state index in [4.69, 9.17) is 26.7 Å². The van der Waals surface area contributed by atoms with Crippen LogP contribution in [0.25, 0.3) is 0 Å². The highest BCUT2D eigenvalue weighted by Crippen LogP contribution is 2.20. The predicted octanol–water partition coefficient (Wildman–Crippen LogP) is -2.21. The molecule has 36 heavy (non-hydrogen) atoms. The number of hydrogen-bond acceptors (Lipinski definition) is 9. The highest BCUT2D eigenvalue weighted by atomic mass is 16.5. The molecule has 1 saturated heterocycles. The van der Waals surface area contributed by atoms with Crippen LogP contribution in [-0.2, 0) is 28.7 Å². The van der Waals surface area contributed by atoms with E-state index < -0.39 is 48.4 Å². The summed E-state index contributed by atoms with van der Waals surface area (Å²) in [5, 5.41) is 11.9. The molecule has 0 aromatic rings. The molecule has 1 fully saturated rings. The number of hydrogen-bond donors (Lipinski definition) is 4. The maximum Gasteiger partial charge on any atom is 0.255 e. The van der Waals surface area contributed by atoms with Crippen LogP contribution in [0, 0.1) is 11.3 Å². The summed E-state index contributed by atoms with van der Waals surface area (Å²) in [7, 11) is 0. The van der Waals surface area contributed by atoms with Gasteiger partial charge in [-0.25, -0.2) is 0 Å². The summed E-state index contributed by atoms with van der Waals surface area (Å²) < 4.78 is 10.5. The summed E-state index contributed by atoms with van der Waals surface area (Å²) in [6.07, 6.45) is 1.61. The molecule has 1 unspecified atom stereocenters. The molecule has 0 aromatic heterocycles. The zero-order valence-corrected chi connectivity index (χ0v) is 21.0. The van der Waals surface area contributed by atoms with Gasteiger partial charge in [0.25, 0.3) is 11.8 Å². The lowest BCUT2D eigenvalue weighted by molar-refractivity contribution is -0.158. The molecule has 0 aliphatic carbocycles. The van der Waals surface area contributed by atoms with E-state index in [2.05, 4.69) is 16.4 Å². The minimum absolute atomic E-state index is 0.0758. The van der Waals surface area contributed by atoms with Crippen LogP contribution >= 0.6 is 0 Å². The number of carbonyl (C=O) groups is 4. The molecule has 1 heterocycles. The highest BCUT2D eigenvalue weighted by molar-refractivity contribution is 6.03. The maximum absolute atomic E-state index is 13.5. The van der Waals surface area contributed by atoms with E-state index in [1.165, 1.54) is 18.7 Å². The Morgan fingerprint density at radius 1 is 1.22 bits per heavy atom. The molecular formula is C22H38N8O6. The van der Waals surface area contributed by atoms with E-state index in [0.29, 0.717) is 39.0 Å². The molecule has 202 valence electrons. The number of likely N-dealkylation sites (tertiary alicyclic amines) is 1. The van der Waals surface area contributed by atoms with Crippen LogP contribution in [0.15, 0.2) is 4.99 Å². The Bertz CT molecular complexity index is 826. The molecule has 7 N–H and O–H groups in total. The largest absolute Gasteiger partial charge is 0.378 e. The van der Waals surface area contributed by atoms with E-state index >= 15 is 0 Å². The van der Waals surface area contributed by atoms with Gasteiger partial charge in [-0.3, -0.25) is 29.1 Å². The van der Waals surface area contributed by atoms with Gasteiger partial charge in [-0.05, 0) is 32.6 Å². The van der Waals surface area contributed by atoms with Crippen molar-refractivity contribution in [2.45, 2.75) is 57.7 Å². The van der Waals surface area contributed by atoms with Gasteiger partial charge in [-0.1, -0.05) is 0 Å². The monoisotopic (exact) mass is 510 g/mol. The lowest BCUT2D eigenvalue weighted by atomic mass is 10.1. The lowest BCUT2D eigenvalue weighted by Crippen LogP contribution is -2.58. The van der Waals surface area contributed by atoms with E-state index in [0.717, 1.165) is 4.90 Å². The molecule has 4 amide bonds. The van der Waals surface area contributed by atoms with Gasteiger partial charge in [-0.2, -0.15) is 5.26 Å². The third-order valence-corrected chi connectivity index (χ3v) is 5.42. The standard InChI is InChI=1S/C22H38N8O6/c1-15(20(33)29-9-4-5-17(29)13-24)30(19(32)14-36-12-11-35-10-7-23)21(34)18(28-16(2)31)6-3-8-27-22(25)26/h15,17-18H,3-12,14,23H2,1-2H3,(H,28,31)(H4,25,26,27)/t15-,17?,18+/m1/s1. The Kier molecular flexibility index (Phi) is 14.0. The number of guanidine groups is 1. The van der Waals surface area contributed by atoms with Crippen molar-refractivity contribution in [1.82, 2.24) is 15.1 Å². The van der Waals surface area contributed by atoms with Crippen molar-refractivity contribution in [3.63, 3.8) is 0 Å². The fourth-order valence-corrected chi connectivity index (χ4v) is 3.75. The summed E-state index contributed by atoms with van der Waals surface area (Å²) in [4.78, 5) is 57.7. The van der Waals surface area contributed by atoms with Gasteiger partial charge in [0.2, 0.25) is 11.8 Å². The Balaban J connectivity index is 3.07. The van der Waals surface area contributed by atoms with Gasteiger partial charge in [-0.15, -0.1) is 0 Å². The van der Waals surface area contributed by atoms with Crippen molar-refractivity contribution in [3.8, 4) is 6.07 Å². The predicted molar refractivity (Wildman–Crippen MR) is 130 cm³/mol. The van der Waals surface area contributed by atoms with Crippen molar-refractivity contribution < 1.29 is 28.7 Å². The Morgan fingerprint density at radius 3 is 2.53 bits per heavy atom. The smallest absolute Gasteiger partial charge is 0.255 e. The molecule has 0 aromatic carbocycles. The number of aliphatic imine (C=N–C) groups is 1. The molecule has 0 bridgehead atoms. The van der Waals surface area contributed by atoms with Crippen molar-refractivity contribution >= 4 is 29.6 Å². The van der Waals surface area contributed by atoms with Gasteiger partial charge in [0.1, 0.15) is 24.7 Å². The summed E-state index contributed by atoms with van der Waals surface area (Å²) in [5.41, 5.74) is 16.0. The number of rotatable bonds is 15. The van der Waals surface area contributed by atoms with Gasteiger partial charge in [0.15, 0.2) is 5.96 Å². The molecule has 14 heteroatoms. The first-order chi connectivity index (χ1) is 17.1. The van der Waals surface area contributed by atoms with Crippen LogP contribution in [0.2, 0.25) is 0 Å². The molecule has 14 nitrogen and oxygen atoms in total. The molecule has 1 rings (SSSR count). The van der Waals surface area contributed by atoms with E-state index in [1.807, 2.05) is 0 Å². The first-order valence-electron chi connectivity index (χ1n) is 11.9. The van der Waals surface area contributed by atoms with Crippen LogP contribution in [0.5, 0.6) is 0 Å². The fraction of sp³-hybridized carbons (Fsp3) is 0.727. The molecule has 1 aliphatic heterocycles. The first kappa shape index (κ1) is 30.8. The minimum Gasteiger partial charge on any atom is -0.378 e. The quantitative estimate of drug-likeness (QED) is 0.106. The second kappa shape index (κ2) is 16.4. The summed E-state index contributed by atoms with van der Waals surface area (Å²) in [5.74, 6) is -2.66. The third kappa shape index (κ3) is 10.1. The van der Waals surface area contributed by atoms with Crippen molar-refractivity contribution in [3.05, 3.63) is 0 Å². The highest BCUT2D eigenvalue weighted by Gasteiger charge is 2.40. The van der Waals surface area contributed by atoms with Gasteiger partial charge in [0.05, 0.1) is 25.9 Å². The topological polar surface area (TPSA) is 219 Å². The number of nitrogens with one attached hydrogen (secondary N) is 1. The van der Waals surface area contributed by atoms with E-state index in [-0.39, 0.29) is 32.1 Å². The van der Waals surface area contributed by atoms with Crippen LogP contribution in [0.1, 0.15) is 39.5 Å². The summed E-state index contributed by atoms with van der Waals surface area (Å²) in [6.45, 7) is 3.67. The number of imide groups is 1. The second-order valence-electron chi connectivity index (χ2n) is 8.25. The second-order valence-corrected chi connectivity index (χ2v) is 8.25. The molecule has 0 spiro atoms. The average Bonchev–Trinajstić information content (AvgIpc) is 3.31. The zero-order valence-electron chi connectivity index (χ0n) is 21.0. The normalized spacial score (nSPS) is 16.5. The Hall–Kier alpha value is -3.28. The minimum atomic E-state index is -1.22. The van der Waals surface area contributed by atoms with Gasteiger partial charge in [0, 0.05) is 26.6 Å². The molecule has 0 saturated carbocycles. The van der Waals surface area contributed by atoms with Crippen molar-refractivity contribution in [2.75, 3.05) is 46.1 Å². The number of nitrogens with zero attached hydrogens (tertiary/aromatic N) is 4. The fourth-order valence-electron chi connectivity index (χ4n) is 3.75. The van der Waals surface area contributed by atoms with Crippen LogP contribution in [-0.4, -0.2) is 104 Å². The third-order valence-electron chi connectivity index (χ3n) is 5.42. The zero-order chi connectivity index (χ0) is 27.1. The SMILES string of the molecule is CC(=O)N[C@@H](CCCN=C(N)N)C(=O)N(C(=O)COCCOCCN)[C@H](C)C(=O)N1CCCC1C#N. The number of nitriles is 1. The van der Waals surface area contributed by atoms with Crippen LogP contribution in [0.3, 0.4) is 0 Å². The molecular weight excluding hydrogens is 472 g/mol. The molecule has 1 aliphatic rings.